The van der Waals surface area contributed by atoms with Gasteiger partial charge in [0.2, 0.25) is 0 Å². The minimum Gasteiger partial charge on any atom is -0.481 e. The normalized spacial score (nSPS) is 9.91. The Morgan fingerprint density at radius 2 is 0.826 bits per heavy atom. The first-order valence-electron chi connectivity index (χ1n) is 14.1. The molecule has 0 amide bonds. The molecule has 0 aromatic heterocycles. The van der Waals surface area contributed by atoms with Gasteiger partial charge in [0.25, 0.3) is 0 Å². The van der Waals surface area contributed by atoms with Gasteiger partial charge in [-0.25, -0.2) is 9.13 Å². The Hall–Kier alpha value is -1.12. The summed E-state index contributed by atoms with van der Waals surface area (Å²) in [6, 6.07) is 0. The van der Waals surface area contributed by atoms with E-state index in [-0.39, 0.29) is 44.1 Å². The van der Waals surface area contributed by atoms with E-state index in [1.54, 1.807) is 14.2 Å². The quantitative estimate of drug-likeness (QED) is 0.0453. The molecule has 19 N–H and O–H groups in total. The van der Waals surface area contributed by atoms with Gasteiger partial charge in [-0.05, 0) is 19.3 Å². The van der Waals surface area contributed by atoms with E-state index in [4.69, 9.17) is 53.5 Å². The van der Waals surface area contributed by atoms with Gasteiger partial charge in [-0.3, -0.25) is 14.1 Å². The number of carboxylic acids is 2. The van der Waals surface area contributed by atoms with Gasteiger partial charge in [-0.1, -0.05) is 71.1 Å². The van der Waals surface area contributed by atoms with E-state index in [0.717, 1.165) is 38.5 Å². The van der Waals surface area contributed by atoms with Crippen LogP contribution >= 0.6 is 15.6 Å². The van der Waals surface area contributed by atoms with E-state index < -0.39 is 27.6 Å². The van der Waals surface area contributed by atoms with Gasteiger partial charge in [0, 0.05) is 27.1 Å². The minimum absolute atomic E-state index is 0. The van der Waals surface area contributed by atoms with Gasteiger partial charge in [0.1, 0.15) is 0 Å². The van der Waals surface area contributed by atoms with E-state index in [2.05, 4.69) is 11.4 Å². The number of aliphatic carboxylic acids is 2. The fourth-order valence-electron chi connectivity index (χ4n) is 2.89. The van der Waals surface area contributed by atoms with Crippen LogP contribution in [0.1, 0.15) is 103 Å². The molecule has 0 aliphatic rings. The maximum absolute atomic E-state index is 10.3. The fourth-order valence-corrected chi connectivity index (χ4v) is 3.26. The molecule has 0 rings (SSSR count). The van der Waals surface area contributed by atoms with Crippen molar-refractivity contribution in [3.63, 3.8) is 0 Å². The van der Waals surface area contributed by atoms with E-state index in [1.165, 1.54) is 32.1 Å². The second-order valence-corrected chi connectivity index (χ2v) is 11.2. The van der Waals surface area contributed by atoms with E-state index in [9.17, 15) is 14.2 Å². The molecule has 19 nitrogen and oxygen atoms in total. The highest BCUT2D eigenvalue weighted by molar-refractivity contribution is 7.46. The molecule has 0 fully saturated rings. The van der Waals surface area contributed by atoms with Gasteiger partial charge in [-0.15, -0.1) is 0 Å². The van der Waals surface area contributed by atoms with Crippen molar-refractivity contribution in [3.8, 4) is 0 Å². The van der Waals surface area contributed by atoms with Gasteiger partial charge in [0.15, 0.2) is 0 Å². The van der Waals surface area contributed by atoms with Crippen molar-refractivity contribution in [1.29, 1.82) is 0 Å². The molecule has 46 heavy (non-hydrogen) atoms. The summed E-state index contributed by atoms with van der Waals surface area (Å²) in [7, 11) is -5.57. The minimum atomic E-state index is -4.64. The van der Waals surface area contributed by atoms with Crippen LogP contribution in [0.15, 0.2) is 0 Å². The molecule has 288 valence electrons. The zero-order valence-electron chi connectivity index (χ0n) is 28.3. The van der Waals surface area contributed by atoms with Gasteiger partial charge in [-0.2, -0.15) is 0 Å². The number of rotatable bonds is 24. The summed E-state index contributed by atoms with van der Waals surface area (Å²) >= 11 is 0. The van der Waals surface area contributed by atoms with Gasteiger partial charge < -0.3 is 73.5 Å². The Morgan fingerprint density at radius 1 is 0.522 bits per heavy atom. The number of hydrogen-bond acceptors (Lipinski definition) is 12. The largest absolute Gasteiger partial charge is 0.481 e. The Balaban J connectivity index is -0.0000000715. The van der Waals surface area contributed by atoms with Crippen LogP contribution in [0.4, 0.5) is 0 Å². The molecule has 0 aromatic carbocycles. The molecule has 0 heterocycles. The Kier molecular flexibility index (Phi) is 66.7. The average molecular weight is 727 g/mol. The first kappa shape index (κ1) is 63.5. The SMILES string of the molecule is CCCCCCCCCCOP(=O)(O)O.COCCOCCOC.N.N.N.N.O=C(O)CCCCCCCC(=O)O.O=P(O)(O)O. The van der Waals surface area contributed by atoms with Crippen molar-refractivity contribution in [1.82, 2.24) is 24.6 Å². The third-order valence-electron chi connectivity index (χ3n) is 4.90. The monoisotopic (exact) mass is 726 g/mol. The third kappa shape index (κ3) is 104. The molecule has 0 saturated heterocycles. The summed E-state index contributed by atoms with van der Waals surface area (Å²) in [6.45, 7) is 4.98. The van der Waals surface area contributed by atoms with Crippen molar-refractivity contribution in [2.45, 2.75) is 103 Å². The highest BCUT2D eigenvalue weighted by Gasteiger charge is 2.12. The number of phosphoric ester groups is 1. The van der Waals surface area contributed by atoms with Crippen molar-refractivity contribution < 1.29 is 72.1 Å². The molecule has 0 unspecified atom stereocenters. The number of hydrogen-bond donors (Lipinski definition) is 11. The van der Waals surface area contributed by atoms with Crippen molar-refractivity contribution >= 4 is 27.6 Å². The zero-order valence-corrected chi connectivity index (χ0v) is 30.1. The van der Waals surface area contributed by atoms with Crippen LogP contribution in [-0.2, 0) is 37.5 Å². The molecule has 0 aliphatic carbocycles. The smallest absolute Gasteiger partial charge is 0.469 e. The standard InChI is InChI=1S/C10H23O4P.C9H16O4.C6H14O3.4H3N.H3O4P/c1-2-3-4-5-6-7-8-9-10-14-15(11,12)13;10-8(11)6-4-2-1-3-5-7-9(12)13;1-7-3-5-9-6-4-8-2;;;;;1-5(2,3)4/h2-10H2,1H3,(H2,11,12,13);1-7H2,(H,10,11)(H,12,13);3-6H2,1-2H3;4*1H3;(H3,1,2,3,4). The Labute approximate surface area is 274 Å². The van der Waals surface area contributed by atoms with Crippen molar-refractivity contribution in [2.24, 2.45) is 0 Å². The summed E-state index contributed by atoms with van der Waals surface area (Å²) in [5.74, 6) is -1.52. The molecular weight excluding hydrogens is 658 g/mol. The molecule has 21 heteroatoms. The second kappa shape index (κ2) is 48.3. The molecule has 0 aliphatic heterocycles. The molecular formula is C25H68N4O15P2. The Morgan fingerprint density at radius 3 is 1.11 bits per heavy atom. The predicted octanol–water partition coefficient (Wildman–Crippen LogP) is 5.14. The summed E-state index contributed by atoms with van der Waals surface area (Å²) in [5, 5.41) is 16.6. The lowest BCUT2D eigenvalue weighted by Gasteiger charge is -2.04. The maximum atomic E-state index is 10.3. The van der Waals surface area contributed by atoms with Crippen LogP contribution in [0.5, 0.6) is 0 Å². The predicted molar refractivity (Wildman–Crippen MR) is 177 cm³/mol. The Bertz CT molecular complexity index is 656. The van der Waals surface area contributed by atoms with E-state index >= 15 is 0 Å². The number of phosphoric acid groups is 2. The molecule has 0 atom stereocenters. The average Bonchev–Trinajstić information content (AvgIpc) is 2.86. The maximum Gasteiger partial charge on any atom is 0.469 e. The topological polar surface area (TPSA) is 387 Å². The van der Waals surface area contributed by atoms with Crippen molar-refractivity contribution in [3.05, 3.63) is 0 Å². The summed E-state index contributed by atoms with van der Waals surface area (Å²) in [6.07, 6.45) is 13.7. The number of methoxy groups -OCH3 is 2. The van der Waals surface area contributed by atoms with Crippen LogP contribution in [0.25, 0.3) is 0 Å². The zero-order chi connectivity index (χ0) is 33.1. The van der Waals surface area contributed by atoms with Gasteiger partial charge >= 0.3 is 27.6 Å². The number of unbranched alkanes of at least 4 members (excludes halogenated alkanes) is 11. The molecule has 0 radical (unpaired) electrons. The summed E-state index contributed by atoms with van der Waals surface area (Å²) in [5.41, 5.74) is 0. The lowest BCUT2D eigenvalue weighted by Crippen LogP contribution is -2.06. The first-order chi connectivity index (χ1) is 19.6. The lowest BCUT2D eigenvalue weighted by molar-refractivity contribution is -0.138. The number of carboxylic acid groups (broad SMARTS) is 2. The second-order valence-electron chi connectivity index (χ2n) is 8.97. The van der Waals surface area contributed by atoms with Crippen LogP contribution in [-0.4, -0.2) is 93.9 Å². The van der Waals surface area contributed by atoms with Crippen LogP contribution in [0.3, 0.4) is 0 Å². The fraction of sp³-hybridized carbons (Fsp3) is 0.920. The molecule has 0 aromatic rings. The van der Waals surface area contributed by atoms with Crippen LogP contribution in [0.2, 0.25) is 0 Å². The first-order valence-corrected chi connectivity index (χ1v) is 17.2. The summed E-state index contributed by atoms with van der Waals surface area (Å²) < 4.78 is 38.1. The van der Waals surface area contributed by atoms with Gasteiger partial charge in [0.05, 0.1) is 33.0 Å². The number of ether oxygens (including phenoxy) is 3. The molecule has 0 saturated carbocycles. The highest BCUT2D eigenvalue weighted by atomic mass is 31.2. The third-order valence-corrected chi connectivity index (χ3v) is 5.42. The van der Waals surface area contributed by atoms with Crippen molar-refractivity contribution in [2.75, 3.05) is 47.3 Å². The number of carbonyl (C=O) groups is 2. The van der Waals surface area contributed by atoms with Crippen LogP contribution < -0.4 is 24.6 Å². The van der Waals surface area contributed by atoms with E-state index in [1.807, 2.05) is 0 Å². The molecule has 0 bridgehead atoms. The highest BCUT2D eigenvalue weighted by Crippen LogP contribution is 2.35. The summed E-state index contributed by atoms with van der Waals surface area (Å²) in [4.78, 5) is 58.6. The van der Waals surface area contributed by atoms with E-state index in [0.29, 0.717) is 39.3 Å². The lowest BCUT2D eigenvalue weighted by atomic mass is 10.1. The van der Waals surface area contributed by atoms with Crippen LogP contribution in [0, 0.1) is 0 Å². The molecule has 0 spiro atoms.